The van der Waals surface area contributed by atoms with Crippen LogP contribution in [0.25, 0.3) is 93.9 Å². The Morgan fingerprint density at radius 3 is 1.55 bits per heavy atom. The molecule has 0 atom stereocenters. The van der Waals surface area contributed by atoms with Crippen molar-refractivity contribution in [3.63, 3.8) is 0 Å². The maximum Gasteiger partial charge on any atom is 0.168 e. The molecule has 0 aliphatic rings. The summed E-state index contributed by atoms with van der Waals surface area (Å²) >= 11 is 0. The summed E-state index contributed by atoms with van der Waals surface area (Å²) in [5.41, 5.74) is 7.56. The minimum absolute atomic E-state index is 0.812. The summed E-state index contributed by atoms with van der Waals surface area (Å²) < 4.78 is 2.15. The molecule has 49 heavy (non-hydrogen) atoms. The Morgan fingerprint density at radius 2 is 0.918 bits per heavy atom. The van der Waals surface area contributed by atoms with Gasteiger partial charge in [0.2, 0.25) is 0 Å². The quantitative estimate of drug-likeness (QED) is 0.179. The molecule has 2 heterocycles. The Hall–Kier alpha value is -6.65. The zero-order valence-corrected chi connectivity index (χ0v) is 26.5. The lowest BCUT2D eigenvalue weighted by atomic mass is 9.88. The molecule has 0 radical (unpaired) electrons. The van der Waals surface area contributed by atoms with Crippen molar-refractivity contribution in [1.29, 1.82) is 0 Å². The Bertz CT molecular complexity index is 2740. The first-order chi connectivity index (χ1) is 24.3. The van der Waals surface area contributed by atoms with Crippen LogP contribution in [0.15, 0.2) is 170 Å². The van der Waals surface area contributed by atoms with Crippen molar-refractivity contribution in [3.8, 4) is 50.8 Å². The van der Waals surface area contributed by atoms with Gasteiger partial charge in [0.1, 0.15) is 0 Å². The van der Waals surface area contributed by atoms with Crippen molar-refractivity contribution >= 4 is 43.1 Å². The standard InChI is InChI=1S/C45H28N4/c1-3-9-32(10-4-1)44-47-48-45(33-11-5-2-6-12-33)49(44)36-21-15-29(16-22-36)37-23-17-30-20-26-40-38(24-18-31-19-25-39(37)42(30)43(31)40)41-27-34-13-7-8-14-35(34)28-46-41/h1-28H. The second-order valence-corrected chi connectivity index (χ2v) is 12.5. The molecule has 0 saturated carbocycles. The minimum atomic E-state index is 0.812. The molecule has 10 rings (SSSR count). The van der Waals surface area contributed by atoms with Crippen molar-refractivity contribution in [2.45, 2.75) is 0 Å². The highest BCUT2D eigenvalue weighted by molar-refractivity contribution is 6.27. The fourth-order valence-electron chi connectivity index (χ4n) is 7.37. The molecule has 2 aromatic heterocycles. The van der Waals surface area contributed by atoms with Gasteiger partial charge in [-0.05, 0) is 67.0 Å². The molecule has 0 aliphatic carbocycles. The van der Waals surface area contributed by atoms with Gasteiger partial charge in [-0.15, -0.1) is 10.2 Å². The topological polar surface area (TPSA) is 43.6 Å². The summed E-state index contributed by atoms with van der Waals surface area (Å²) in [7, 11) is 0. The number of pyridine rings is 1. The van der Waals surface area contributed by atoms with Crippen LogP contribution in [0, 0.1) is 0 Å². The molecule has 4 heteroatoms. The van der Waals surface area contributed by atoms with E-state index in [-0.39, 0.29) is 0 Å². The van der Waals surface area contributed by atoms with Gasteiger partial charge in [0.25, 0.3) is 0 Å². The van der Waals surface area contributed by atoms with Crippen LogP contribution < -0.4 is 0 Å². The highest BCUT2D eigenvalue weighted by Gasteiger charge is 2.19. The molecular weight excluding hydrogens is 597 g/mol. The summed E-state index contributed by atoms with van der Waals surface area (Å²) in [4.78, 5) is 4.89. The average molecular weight is 625 g/mol. The van der Waals surface area contributed by atoms with Gasteiger partial charge in [0, 0.05) is 34.0 Å². The highest BCUT2D eigenvalue weighted by atomic mass is 15.3. The van der Waals surface area contributed by atoms with Gasteiger partial charge in [-0.1, -0.05) is 146 Å². The monoisotopic (exact) mass is 624 g/mol. The maximum atomic E-state index is 4.89. The Balaban J connectivity index is 1.12. The first-order valence-electron chi connectivity index (χ1n) is 16.5. The molecule has 10 aromatic rings. The predicted molar refractivity (Wildman–Crippen MR) is 202 cm³/mol. The van der Waals surface area contributed by atoms with Crippen LogP contribution in [-0.2, 0) is 0 Å². The van der Waals surface area contributed by atoms with Crippen molar-refractivity contribution in [3.05, 3.63) is 170 Å². The molecule has 0 spiro atoms. The van der Waals surface area contributed by atoms with Crippen LogP contribution in [-0.4, -0.2) is 19.7 Å². The first-order valence-corrected chi connectivity index (χ1v) is 16.5. The van der Waals surface area contributed by atoms with Crippen LogP contribution in [0.4, 0.5) is 0 Å². The fourth-order valence-corrected chi connectivity index (χ4v) is 7.37. The molecule has 0 unspecified atom stereocenters. The third kappa shape index (κ3) is 4.42. The molecule has 0 fully saturated rings. The minimum Gasteiger partial charge on any atom is -0.275 e. The highest BCUT2D eigenvalue weighted by Crippen LogP contribution is 2.42. The van der Waals surface area contributed by atoms with E-state index in [1.165, 1.54) is 43.3 Å². The lowest BCUT2D eigenvalue weighted by Crippen LogP contribution is -2.00. The van der Waals surface area contributed by atoms with E-state index in [0.717, 1.165) is 50.7 Å². The Labute approximate surface area is 282 Å². The van der Waals surface area contributed by atoms with E-state index < -0.39 is 0 Å². The number of hydrogen-bond donors (Lipinski definition) is 0. The lowest BCUT2D eigenvalue weighted by Gasteiger charge is -2.17. The molecular formula is C45H28N4. The maximum absolute atomic E-state index is 4.89. The molecule has 0 aliphatic heterocycles. The van der Waals surface area contributed by atoms with Gasteiger partial charge in [0.05, 0.1) is 5.69 Å². The molecule has 8 aromatic carbocycles. The van der Waals surface area contributed by atoms with E-state index in [1.807, 2.05) is 42.6 Å². The van der Waals surface area contributed by atoms with Crippen LogP contribution in [0.1, 0.15) is 0 Å². The zero-order valence-electron chi connectivity index (χ0n) is 26.5. The first kappa shape index (κ1) is 27.5. The van der Waals surface area contributed by atoms with E-state index >= 15 is 0 Å². The van der Waals surface area contributed by atoms with Gasteiger partial charge in [-0.25, -0.2) is 0 Å². The second kappa shape index (κ2) is 11.0. The van der Waals surface area contributed by atoms with Crippen LogP contribution in [0.5, 0.6) is 0 Å². The van der Waals surface area contributed by atoms with E-state index in [4.69, 9.17) is 4.98 Å². The van der Waals surface area contributed by atoms with Crippen LogP contribution in [0.2, 0.25) is 0 Å². The molecule has 228 valence electrons. The van der Waals surface area contributed by atoms with Crippen molar-refractivity contribution in [2.24, 2.45) is 0 Å². The second-order valence-electron chi connectivity index (χ2n) is 12.5. The molecule has 0 amide bonds. The van der Waals surface area contributed by atoms with Gasteiger partial charge in [-0.2, -0.15) is 0 Å². The summed E-state index contributed by atoms with van der Waals surface area (Å²) in [5, 5.41) is 19.2. The number of rotatable bonds is 5. The molecule has 4 nitrogen and oxygen atoms in total. The number of aromatic nitrogens is 4. The molecule has 0 bridgehead atoms. The summed E-state index contributed by atoms with van der Waals surface area (Å²) in [6.45, 7) is 0. The zero-order chi connectivity index (χ0) is 32.3. The van der Waals surface area contributed by atoms with Gasteiger partial charge < -0.3 is 0 Å². The van der Waals surface area contributed by atoms with Gasteiger partial charge >= 0.3 is 0 Å². The van der Waals surface area contributed by atoms with E-state index in [1.54, 1.807) is 0 Å². The van der Waals surface area contributed by atoms with Crippen LogP contribution in [0.3, 0.4) is 0 Å². The normalized spacial score (nSPS) is 11.7. The smallest absolute Gasteiger partial charge is 0.168 e. The summed E-state index contributed by atoms with van der Waals surface area (Å²) in [6.07, 6.45) is 1.98. The van der Waals surface area contributed by atoms with E-state index in [9.17, 15) is 0 Å². The predicted octanol–water partition coefficient (Wildman–Crippen LogP) is 11.4. The molecule has 0 N–H and O–H groups in total. The molecule has 0 saturated heterocycles. The van der Waals surface area contributed by atoms with Gasteiger partial charge in [-0.3, -0.25) is 9.55 Å². The lowest BCUT2D eigenvalue weighted by molar-refractivity contribution is 1.07. The summed E-state index contributed by atoms with van der Waals surface area (Å²) in [5.74, 6) is 1.62. The Morgan fingerprint density at radius 1 is 0.388 bits per heavy atom. The SMILES string of the molecule is c1ccc(-c2nnc(-c3ccccc3)n2-c2ccc(-c3ccc4ccc5c(-c6cc7ccccc7cn6)ccc6ccc3c4c65)cc2)cc1. The summed E-state index contributed by atoms with van der Waals surface area (Å²) in [6, 6.07) is 57.9. The largest absolute Gasteiger partial charge is 0.275 e. The van der Waals surface area contributed by atoms with Crippen molar-refractivity contribution < 1.29 is 0 Å². The number of hydrogen-bond acceptors (Lipinski definition) is 3. The number of nitrogens with zero attached hydrogens (tertiary/aromatic N) is 4. The third-order valence-electron chi connectivity index (χ3n) is 9.74. The third-order valence-corrected chi connectivity index (χ3v) is 9.74. The Kier molecular flexibility index (Phi) is 6.15. The van der Waals surface area contributed by atoms with Gasteiger partial charge in [0.15, 0.2) is 11.6 Å². The fraction of sp³-hybridized carbons (Fsp3) is 0. The average Bonchev–Trinajstić information content (AvgIpc) is 3.63. The van der Waals surface area contributed by atoms with E-state index in [0.29, 0.717) is 0 Å². The number of fused-ring (bicyclic) bond motifs is 1. The van der Waals surface area contributed by atoms with Crippen LogP contribution >= 0.6 is 0 Å². The van der Waals surface area contributed by atoms with Crippen molar-refractivity contribution in [1.82, 2.24) is 19.7 Å². The number of benzene rings is 8. The van der Waals surface area contributed by atoms with E-state index in [2.05, 4.69) is 142 Å². The van der Waals surface area contributed by atoms with Crippen molar-refractivity contribution in [2.75, 3.05) is 0 Å².